The number of nitrogens with two attached hydrogens (primary N) is 1. The molecule has 0 aliphatic carbocycles. The molecule has 0 bridgehead atoms. The van der Waals surface area contributed by atoms with Crippen molar-refractivity contribution in [2.75, 3.05) is 26.4 Å². The summed E-state index contributed by atoms with van der Waals surface area (Å²) < 4.78 is 7.95. The van der Waals surface area contributed by atoms with E-state index in [9.17, 15) is 5.11 Å². The van der Waals surface area contributed by atoms with Crippen LogP contribution < -0.4 is 19.9 Å². The monoisotopic (exact) mass is 398 g/mol. The molecule has 1 atom stereocenters. The summed E-state index contributed by atoms with van der Waals surface area (Å²) in [5.74, 6) is 1.50. The van der Waals surface area contributed by atoms with E-state index in [1.807, 2.05) is 34.9 Å². The fraction of sp³-hybridized carbons (Fsp3) is 0.238. The number of benzene rings is 2. The number of nitrogens with one attached hydrogen (secondary N) is 1. The Morgan fingerprint density at radius 2 is 2.00 bits per heavy atom. The van der Waals surface area contributed by atoms with Gasteiger partial charge in [0.15, 0.2) is 0 Å². The molecule has 2 heterocycles. The van der Waals surface area contributed by atoms with Gasteiger partial charge in [-0.05, 0) is 17.7 Å². The lowest BCUT2D eigenvalue weighted by molar-refractivity contribution is -0.882. The molecule has 4 N–H and O–H groups in total. The van der Waals surface area contributed by atoms with Gasteiger partial charge in [0.1, 0.15) is 30.2 Å². The highest BCUT2D eigenvalue weighted by atomic mass is 35.5. The van der Waals surface area contributed by atoms with Crippen LogP contribution in [-0.2, 0) is 6.54 Å². The summed E-state index contributed by atoms with van der Waals surface area (Å²) >= 11 is 6.56. The van der Waals surface area contributed by atoms with E-state index < -0.39 is 0 Å². The zero-order chi connectivity index (χ0) is 19.8. The number of aromatic hydroxyl groups is 1. The van der Waals surface area contributed by atoms with Crippen LogP contribution in [0.5, 0.6) is 17.4 Å². The molecule has 4 rings (SSSR count). The summed E-state index contributed by atoms with van der Waals surface area (Å²) in [6.45, 7) is 1.66. The van der Waals surface area contributed by atoms with Crippen LogP contribution in [0.15, 0.2) is 48.8 Å². The number of quaternary nitrogens is 1. The topological polar surface area (TPSA) is 76.7 Å². The number of nitrogen functional groups attached to an aromatic ring is 1. The van der Waals surface area contributed by atoms with E-state index in [2.05, 4.69) is 19.1 Å². The highest BCUT2D eigenvalue weighted by Crippen LogP contribution is 2.49. The molecule has 1 aliphatic heterocycles. The Morgan fingerprint density at radius 3 is 2.75 bits per heavy atom. The lowest BCUT2D eigenvalue weighted by Gasteiger charge is -2.27. The summed E-state index contributed by atoms with van der Waals surface area (Å²) in [7, 11) is 4.20. The molecule has 0 saturated carbocycles. The van der Waals surface area contributed by atoms with E-state index in [1.54, 1.807) is 18.5 Å². The van der Waals surface area contributed by atoms with Gasteiger partial charge in [0, 0.05) is 16.7 Å². The lowest BCUT2D eigenvalue weighted by atomic mass is 9.83. The first-order valence-electron chi connectivity index (χ1n) is 9.17. The number of anilines is 1. The van der Waals surface area contributed by atoms with E-state index in [1.165, 1.54) is 4.90 Å². The molecule has 0 unspecified atom stereocenters. The van der Waals surface area contributed by atoms with Crippen molar-refractivity contribution in [3.05, 3.63) is 70.5 Å². The zero-order valence-electron chi connectivity index (χ0n) is 15.8. The predicted molar refractivity (Wildman–Crippen MR) is 107 cm³/mol. The van der Waals surface area contributed by atoms with Crippen LogP contribution in [0.25, 0.3) is 0 Å². The standard InChI is InChI=1S/C21H21ClN4O2/c1-25(2)9-10-26-12-24-21-19(20(26)23)18(14-5-3-4-6-16(14)22)15-8-7-13(27)11-17(15)28-21/h3-8,11-12,18,23,27H,9-10H2,1-2H3/p+2/t18-/m1/s1. The number of hydrogen-bond acceptors (Lipinski definition) is 4. The third-order valence-corrected chi connectivity index (χ3v) is 5.35. The van der Waals surface area contributed by atoms with Crippen LogP contribution in [0.3, 0.4) is 0 Å². The van der Waals surface area contributed by atoms with E-state index in [0.717, 1.165) is 29.8 Å². The van der Waals surface area contributed by atoms with Crippen molar-refractivity contribution in [2.24, 2.45) is 0 Å². The Hall–Kier alpha value is -2.83. The molecule has 0 fully saturated rings. The summed E-state index contributed by atoms with van der Waals surface area (Å²) in [4.78, 5) is 5.84. The van der Waals surface area contributed by atoms with Crippen molar-refractivity contribution >= 4 is 17.4 Å². The molecule has 28 heavy (non-hydrogen) atoms. The zero-order valence-corrected chi connectivity index (χ0v) is 16.6. The average Bonchev–Trinajstić information content (AvgIpc) is 2.66. The number of phenols is 1. The summed E-state index contributed by atoms with van der Waals surface area (Å²) in [5, 5.41) is 10.6. The van der Waals surface area contributed by atoms with Crippen molar-refractivity contribution < 1.29 is 19.3 Å². The highest BCUT2D eigenvalue weighted by Gasteiger charge is 2.37. The molecule has 0 spiro atoms. The summed E-state index contributed by atoms with van der Waals surface area (Å²) in [5.41, 5.74) is 9.20. The second-order valence-electron chi connectivity index (χ2n) is 7.28. The van der Waals surface area contributed by atoms with Gasteiger partial charge in [-0.25, -0.2) is 4.57 Å². The van der Waals surface area contributed by atoms with Crippen LogP contribution in [0, 0.1) is 0 Å². The number of rotatable bonds is 4. The van der Waals surface area contributed by atoms with Crippen LogP contribution in [0.2, 0.25) is 5.02 Å². The number of likely N-dealkylation sites (N-methyl/N-ethyl adjacent to an activating group) is 1. The minimum absolute atomic E-state index is 0.132. The van der Waals surface area contributed by atoms with Crippen molar-refractivity contribution in [1.82, 2.24) is 4.98 Å². The van der Waals surface area contributed by atoms with Gasteiger partial charge in [0.2, 0.25) is 12.1 Å². The molecule has 7 heteroatoms. The maximum Gasteiger partial charge on any atom is 0.306 e. The molecule has 3 aromatic rings. The SMILES string of the molecule is C[NH+](C)CC[n+]1cnc2c(c1N)[C@H](c1ccccc1Cl)c1ccc(O)cc1O2. The predicted octanol–water partition coefficient (Wildman–Crippen LogP) is 1.74. The smallest absolute Gasteiger partial charge is 0.306 e. The average molecular weight is 399 g/mol. The normalized spacial score (nSPS) is 15.1. The molecule has 6 nitrogen and oxygen atoms in total. The molecule has 0 radical (unpaired) electrons. The Balaban J connectivity index is 1.92. The molecule has 144 valence electrons. The number of phenolic OH excluding ortho intramolecular Hbond substituents is 1. The van der Waals surface area contributed by atoms with Crippen LogP contribution in [0.1, 0.15) is 22.6 Å². The Bertz CT molecular complexity index is 1040. The molecular weight excluding hydrogens is 376 g/mol. The Morgan fingerprint density at radius 1 is 1.21 bits per heavy atom. The summed E-state index contributed by atoms with van der Waals surface area (Å²) in [6, 6.07) is 12.8. The van der Waals surface area contributed by atoms with Crippen LogP contribution in [-0.4, -0.2) is 30.7 Å². The van der Waals surface area contributed by atoms with Gasteiger partial charge < -0.3 is 20.5 Å². The van der Waals surface area contributed by atoms with Gasteiger partial charge in [-0.15, -0.1) is 0 Å². The molecule has 0 saturated heterocycles. The second kappa shape index (κ2) is 7.30. The van der Waals surface area contributed by atoms with Crippen molar-refractivity contribution in [1.29, 1.82) is 0 Å². The third kappa shape index (κ3) is 3.25. The Labute approximate surface area is 168 Å². The number of fused-ring (bicyclic) bond motifs is 2. The van der Waals surface area contributed by atoms with Gasteiger partial charge in [-0.2, -0.15) is 0 Å². The van der Waals surface area contributed by atoms with Gasteiger partial charge in [0.25, 0.3) is 0 Å². The van der Waals surface area contributed by atoms with E-state index in [-0.39, 0.29) is 11.7 Å². The number of ether oxygens (including phenoxy) is 1. The van der Waals surface area contributed by atoms with Gasteiger partial charge in [-0.3, -0.25) is 0 Å². The van der Waals surface area contributed by atoms with Gasteiger partial charge in [0.05, 0.1) is 20.0 Å². The number of hydrogen-bond donors (Lipinski definition) is 3. The van der Waals surface area contributed by atoms with E-state index in [0.29, 0.717) is 22.5 Å². The van der Waals surface area contributed by atoms with Crippen molar-refractivity contribution in [2.45, 2.75) is 12.5 Å². The van der Waals surface area contributed by atoms with Gasteiger partial charge >= 0.3 is 5.88 Å². The quantitative estimate of drug-likeness (QED) is 0.458. The molecule has 1 aliphatic rings. The number of aromatic nitrogens is 2. The first kappa shape index (κ1) is 18.5. The van der Waals surface area contributed by atoms with Gasteiger partial charge in [-0.1, -0.05) is 40.9 Å². The fourth-order valence-electron chi connectivity index (χ4n) is 3.53. The van der Waals surface area contributed by atoms with E-state index in [4.69, 9.17) is 22.1 Å². The number of halogens is 1. The summed E-state index contributed by atoms with van der Waals surface area (Å²) in [6.07, 6.45) is 1.70. The largest absolute Gasteiger partial charge is 0.508 e. The Kier molecular flexibility index (Phi) is 4.83. The lowest BCUT2D eigenvalue weighted by Crippen LogP contribution is -3.06. The highest BCUT2D eigenvalue weighted by molar-refractivity contribution is 6.31. The molecule has 1 aromatic heterocycles. The first-order valence-corrected chi connectivity index (χ1v) is 9.55. The first-order chi connectivity index (χ1) is 13.5. The number of nitrogens with zero attached hydrogens (tertiary/aromatic N) is 2. The fourth-order valence-corrected chi connectivity index (χ4v) is 3.78. The van der Waals surface area contributed by atoms with Crippen LogP contribution in [0.4, 0.5) is 5.82 Å². The third-order valence-electron chi connectivity index (χ3n) is 5.00. The van der Waals surface area contributed by atoms with Crippen molar-refractivity contribution in [3.63, 3.8) is 0 Å². The molecular formula is C21H23ClN4O2+2. The van der Waals surface area contributed by atoms with E-state index >= 15 is 0 Å². The second-order valence-corrected chi connectivity index (χ2v) is 7.69. The molecule has 0 amide bonds. The minimum atomic E-state index is -0.236. The van der Waals surface area contributed by atoms with Crippen LogP contribution >= 0.6 is 11.6 Å². The van der Waals surface area contributed by atoms with Crippen molar-refractivity contribution in [3.8, 4) is 17.4 Å². The maximum atomic E-state index is 9.91. The molecule has 2 aromatic carbocycles. The minimum Gasteiger partial charge on any atom is -0.508 e. The maximum absolute atomic E-state index is 9.91.